The van der Waals surface area contributed by atoms with Crippen LogP contribution in [0.4, 0.5) is 0 Å². The Bertz CT molecular complexity index is 971. The Morgan fingerprint density at radius 3 is 2.85 bits per heavy atom. The van der Waals surface area contributed by atoms with Gasteiger partial charge in [0.1, 0.15) is 11.3 Å². The third kappa shape index (κ3) is 2.56. The summed E-state index contributed by atoms with van der Waals surface area (Å²) in [6, 6.07) is 11.2. The zero-order valence-corrected chi connectivity index (χ0v) is 15.4. The minimum absolute atomic E-state index is 0.442. The van der Waals surface area contributed by atoms with Gasteiger partial charge in [0.2, 0.25) is 0 Å². The Kier molecular flexibility index (Phi) is 3.83. The van der Waals surface area contributed by atoms with Crippen LogP contribution in [-0.4, -0.2) is 33.4 Å². The number of amides is 1. The van der Waals surface area contributed by atoms with Crippen molar-refractivity contribution in [2.24, 2.45) is 5.73 Å². The first-order valence-electron chi connectivity index (χ1n) is 9.35. The van der Waals surface area contributed by atoms with Crippen LogP contribution in [-0.2, 0) is 0 Å². The van der Waals surface area contributed by atoms with Crippen molar-refractivity contribution in [3.63, 3.8) is 0 Å². The smallest absolute Gasteiger partial charge is 0.250 e. The van der Waals surface area contributed by atoms with Crippen molar-refractivity contribution in [1.29, 1.82) is 0 Å². The molecule has 26 heavy (non-hydrogen) atoms. The van der Waals surface area contributed by atoms with Gasteiger partial charge in [0, 0.05) is 17.0 Å². The molecule has 0 bridgehead atoms. The quantitative estimate of drug-likeness (QED) is 0.730. The summed E-state index contributed by atoms with van der Waals surface area (Å²) in [4.78, 5) is 24.9. The number of benzene rings is 1. The number of carbonyl (C=O) groups is 1. The lowest BCUT2D eigenvalue weighted by atomic mass is 9.91. The van der Waals surface area contributed by atoms with Crippen LogP contribution in [0.5, 0.6) is 0 Å². The second-order valence-electron chi connectivity index (χ2n) is 7.33. The number of para-hydroxylation sites is 1. The van der Waals surface area contributed by atoms with E-state index in [1.807, 2.05) is 23.5 Å². The van der Waals surface area contributed by atoms with Crippen molar-refractivity contribution < 1.29 is 4.79 Å². The van der Waals surface area contributed by atoms with E-state index in [0.29, 0.717) is 17.1 Å². The Labute approximate surface area is 156 Å². The fourth-order valence-electron chi connectivity index (χ4n) is 4.26. The van der Waals surface area contributed by atoms with Gasteiger partial charge in [0.25, 0.3) is 5.91 Å². The minimum atomic E-state index is -0.442. The fourth-order valence-corrected chi connectivity index (χ4v) is 5.37. The molecular weight excluding hydrogens is 344 g/mol. The van der Waals surface area contributed by atoms with Gasteiger partial charge in [-0.15, -0.1) is 11.3 Å². The number of fused-ring (bicyclic) bond motifs is 1. The van der Waals surface area contributed by atoms with Gasteiger partial charge in [0.15, 0.2) is 0 Å². The van der Waals surface area contributed by atoms with E-state index in [9.17, 15) is 4.79 Å². The van der Waals surface area contributed by atoms with E-state index in [-0.39, 0.29) is 0 Å². The third-order valence-electron chi connectivity index (χ3n) is 5.80. The van der Waals surface area contributed by atoms with E-state index in [0.717, 1.165) is 22.3 Å². The van der Waals surface area contributed by atoms with E-state index < -0.39 is 5.91 Å². The van der Waals surface area contributed by atoms with Crippen LogP contribution in [0, 0.1) is 0 Å². The van der Waals surface area contributed by atoms with Crippen molar-refractivity contribution in [2.45, 2.75) is 44.2 Å². The number of aromatic amines is 1. The predicted molar refractivity (Wildman–Crippen MR) is 104 cm³/mol. The van der Waals surface area contributed by atoms with Crippen molar-refractivity contribution in [3.8, 4) is 10.7 Å². The van der Waals surface area contributed by atoms with Crippen LogP contribution >= 0.6 is 11.3 Å². The number of nitrogens with two attached hydrogens (primary N) is 1. The SMILES string of the molecule is NC(=O)c1cccc2[nH]c(-c3ccc([C@H]4CCCN4C4CCC4)s3)nc12. The second kappa shape index (κ2) is 6.21. The molecule has 2 aliphatic rings. The highest BCUT2D eigenvalue weighted by molar-refractivity contribution is 7.15. The highest BCUT2D eigenvalue weighted by Gasteiger charge is 2.35. The molecule has 0 spiro atoms. The summed E-state index contributed by atoms with van der Waals surface area (Å²) >= 11 is 1.82. The van der Waals surface area contributed by atoms with Gasteiger partial charge in [-0.2, -0.15) is 0 Å². The number of thiophene rings is 1. The number of carbonyl (C=O) groups excluding carboxylic acids is 1. The Morgan fingerprint density at radius 1 is 1.19 bits per heavy atom. The van der Waals surface area contributed by atoms with Crippen molar-refractivity contribution >= 4 is 28.3 Å². The average molecular weight is 366 g/mol. The van der Waals surface area contributed by atoms with E-state index in [2.05, 4.69) is 27.0 Å². The van der Waals surface area contributed by atoms with Gasteiger partial charge < -0.3 is 10.7 Å². The van der Waals surface area contributed by atoms with Gasteiger partial charge in [-0.05, 0) is 56.5 Å². The maximum atomic E-state index is 11.6. The largest absolute Gasteiger partial charge is 0.366 e. The van der Waals surface area contributed by atoms with Crippen LogP contribution < -0.4 is 5.73 Å². The molecule has 0 unspecified atom stereocenters. The molecule has 5 rings (SSSR count). The normalized spacial score (nSPS) is 21.3. The molecule has 3 aromatic rings. The molecule has 1 saturated carbocycles. The number of hydrogen-bond donors (Lipinski definition) is 2. The molecule has 1 aliphatic carbocycles. The Balaban J connectivity index is 1.47. The number of rotatable bonds is 4. The molecule has 1 atom stereocenters. The number of nitrogens with zero attached hydrogens (tertiary/aromatic N) is 2. The summed E-state index contributed by atoms with van der Waals surface area (Å²) < 4.78 is 0. The van der Waals surface area contributed by atoms with Crippen LogP contribution in [0.3, 0.4) is 0 Å². The van der Waals surface area contributed by atoms with E-state index in [1.165, 1.54) is 43.5 Å². The maximum absolute atomic E-state index is 11.6. The number of nitrogens with one attached hydrogen (secondary N) is 1. The molecule has 2 fully saturated rings. The van der Waals surface area contributed by atoms with Crippen molar-refractivity contribution in [1.82, 2.24) is 14.9 Å². The summed E-state index contributed by atoms with van der Waals surface area (Å²) in [6.07, 6.45) is 6.64. The number of hydrogen-bond acceptors (Lipinski definition) is 4. The monoisotopic (exact) mass is 366 g/mol. The lowest BCUT2D eigenvalue weighted by molar-refractivity contribution is 0.100. The summed E-state index contributed by atoms with van der Waals surface area (Å²) in [5.74, 6) is 0.376. The third-order valence-corrected chi connectivity index (χ3v) is 7.00. The second-order valence-corrected chi connectivity index (χ2v) is 8.45. The predicted octanol–water partition coefficient (Wildman–Crippen LogP) is 4.08. The highest BCUT2D eigenvalue weighted by atomic mass is 32.1. The Morgan fingerprint density at radius 2 is 2.08 bits per heavy atom. The van der Waals surface area contributed by atoms with Crippen LogP contribution in [0.1, 0.15) is 53.4 Å². The van der Waals surface area contributed by atoms with E-state index >= 15 is 0 Å². The molecule has 1 aromatic carbocycles. The molecule has 3 N–H and O–H groups in total. The summed E-state index contributed by atoms with van der Waals surface area (Å²) in [5, 5.41) is 0. The highest BCUT2D eigenvalue weighted by Crippen LogP contribution is 2.42. The van der Waals surface area contributed by atoms with Crippen molar-refractivity contribution in [3.05, 3.63) is 40.8 Å². The van der Waals surface area contributed by atoms with Crippen LogP contribution in [0.15, 0.2) is 30.3 Å². The topological polar surface area (TPSA) is 75.0 Å². The number of primary amides is 1. The Hall–Kier alpha value is -2.18. The first kappa shape index (κ1) is 16.0. The molecule has 134 valence electrons. The molecule has 3 heterocycles. The average Bonchev–Trinajstić information content (AvgIpc) is 3.30. The van der Waals surface area contributed by atoms with Gasteiger partial charge in [-0.3, -0.25) is 9.69 Å². The molecule has 1 aliphatic heterocycles. The first-order chi connectivity index (χ1) is 12.7. The molecule has 0 radical (unpaired) electrons. The summed E-state index contributed by atoms with van der Waals surface area (Å²) in [7, 11) is 0. The molecule has 2 aromatic heterocycles. The van der Waals surface area contributed by atoms with Gasteiger partial charge in [-0.1, -0.05) is 12.5 Å². The van der Waals surface area contributed by atoms with Crippen LogP contribution in [0.25, 0.3) is 21.7 Å². The maximum Gasteiger partial charge on any atom is 0.250 e. The first-order valence-corrected chi connectivity index (χ1v) is 10.2. The number of aromatic nitrogens is 2. The summed E-state index contributed by atoms with van der Waals surface area (Å²) in [5.41, 5.74) is 7.45. The fraction of sp³-hybridized carbons (Fsp3) is 0.400. The number of likely N-dealkylation sites (tertiary alicyclic amines) is 1. The number of H-pyrrole nitrogens is 1. The molecule has 1 saturated heterocycles. The molecule has 5 nitrogen and oxygen atoms in total. The van der Waals surface area contributed by atoms with Crippen molar-refractivity contribution in [2.75, 3.05) is 6.54 Å². The lowest BCUT2D eigenvalue weighted by Gasteiger charge is -2.38. The van der Waals surface area contributed by atoms with E-state index in [4.69, 9.17) is 5.73 Å². The van der Waals surface area contributed by atoms with Gasteiger partial charge in [-0.25, -0.2) is 4.98 Å². The van der Waals surface area contributed by atoms with Crippen LogP contribution in [0.2, 0.25) is 0 Å². The molecule has 6 heteroatoms. The van der Waals surface area contributed by atoms with Gasteiger partial charge >= 0.3 is 0 Å². The standard InChI is InChI=1S/C20H22N4OS/c21-19(25)13-6-2-7-14-18(13)23-20(22-14)17-10-9-16(26-17)15-8-3-11-24(15)12-4-1-5-12/h2,6-7,9-10,12,15H,1,3-5,8,11H2,(H2,21,25)(H,22,23)/t15-/m1/s1. The zero-order chi connectivity index (χ0) is 17.7. The van der Waals surface area contributed by atoms with E-state index in [1.54, 1.807) is 6.07 Å². The summed E-state index contributed by atoms with van der Waals surface area (Å²) in [6.45, 7) is 1.23. The number of imidazole rings is 1. The molecular formula is C20H22N4OS. The van der Waals surface area contributed by atoms with Gasteiger partial charge in [0.05, 0.1) is 16.0 Å². The molecule has 1 amide bonds. The lowest BCUT2D eigenvalue weighted by Crippen LogP contribution is -2.39. The zero-order valence-electron chi connectivity index (χ0n) is 14.6. The minimum Gasteiger partial charge on any atom is -0.366 e.